The van der Waals surface area contributed by atoms with Crippen LogP contribution < -0.4 is 0 Å². The number of aliphatic hydroxyl groups excluding tert-OH is 1. The Morgan fingerprint density at radius 2 is 1.89 bits per heavy atom. The van der Waals surface area contributed by atoms with Crippen molar-refractivity contribution < 1.29 is 5.11 Å². The van der Waals surface area contributed by atoms with Crippen molar-refractivity contribution in [3.05, 3.63) is 11.1 Å². The molecular weight excluding hydrogens is 232 g/mol. The Morgan fingerprint density at radius 3 is 2.37 bits per heavy atom. The van der Waals surface area contributed by atoms with E-state index in [1.165, 1.54) is 12.8 Å². The van der Waals surface area contributed by atoms with E-state index in [0.29, 0.717) is 11.3 Å². The van der Waals surface area contributed by atoms with Crippen LogP contribution in [0.25, 0.3) is 0 Å². The van der Waals surface area contributed by atoms with Gasteiger partial charge in [0, 0.05) is 0 Å². The van der Waals surface area contributed by atoms with Crippen LogP contribution in [0.5, 0.6) is 0 Å². The predicted molar refractivity (Wildman–Crippen MR) is 84.2 cm³/mol. The van der Waals surface area contributed by atoms with Gasteiger partial charge in [-0.2, -0.15) is 0 Å². The van der Waals surface area contributed by atoms with Crippen LogP contribution in [-0.2, 0) is 0 Å². The molecule has 0 spiro atoms. The first-order chi connectivity index (χ1) is 8.59. The summed E-state index contributed by atoms with van der Waals surface area (Å²) in [5.41, 5.74) is 3.67. The third-order valence-electron chi connectivity index (χ3n) is 5.07. The molecule has 1 saturated carbocycles. The molecule has 0 radical (unpaired) electrons. The summed E-state index contributed by atoms with van der Waals surface area (Å²) >= 11 is 0. The average molecular weight is 266 g/mol. The van der Waals surface area contributed by atoms with Gasteiger partial charge in [0.2, 0.25) is 0 Å². The van der Waals surface area contributed by atoms with Gasteiger partial charge in [-0.25, -0.2) is 0 Å². The van der Waals surface area contributed by atoms with Gasteiger partial charge >= 0.3 is 0 Å². The van der Waals surface area contributed by atoms with Crippen molar-refractivity contribution in [2.45, 2.75) is 86.7 Å². The van der Waals surface area contributed by atoms with Crippen LogP contribution in [0.15, 0.2) is 11.1 Å². The van der Waals surface area contributed by atoms with Crippen LogP contribution in [0, 0.1) is 16.7 Å². The van der Waals surface area contributed by atoms with E-state index in [-0.39, 0.29) is 11.5 Å². The van der Waals surface area contributed by atoms with E-state index in [9.17, 15) is 5.11 Å². The molecule has 19 heavy (non-hydrogen) atoms. The SMILES string of the molecule is CC[C@@H]1/C(=C(\C)CCC(C)(C)C)CCC(O)C1(C)C. The molecule has 1 heteroatoms. The molecule has 0 bridgehead atoms. The summed E-state index contributed by atoms with van der Waals surface area (Å²) in [5.74, 6) is 0.552. The van der Waals surface area contributed by atoms with Crippen LogP contribution in [0.2, 0.25) is 0 Å². The highest BCUT2D eigenvalue weighted by molar-refractivity contribution is 5.21. The largest absolute Gasteiger partial charge is 0.393 e. The van der Waals surface area contributed by atoms with E-state index in [2.05, 4.69) is 48.5 Å². The molecule has 0 aromatic carbocycles. The van der Waals surface area contributed by atoms with E-state index in [1.807, 2.05) is 0 Å². The molecule has 0 amide bonds. The second-order valence-corrected chi connectivity index (χ2v) is 8.20. The third kappa shape index (κ3) is 4.08. The summed E-state index contributed by atoms with van der Waals surface area (Å²) < 4.78 is 0. The molecule has 1 aliphatic carbocycles. The molecular formula is C18H34O. The van der Waals surface area contributed by atoms with Gasteiger partial charge in [-0.1, -0.05) is 52.7 Å². The molecule has 0 heterocycles. The van der Waals surface area contributed by atoms with Crippen molar-refractivity contribution in [3.8, 4) is 0 Å². The lowest BCUT2D eigenvalue weighted by Crippen LogP contribution is -2.41. The van der Waals surface area contributed by atoms with Crippen LogP contribution in [-0.4, -0.2) is 11.2 Å². The highest BCUT2D eigenvalue weighted by atomic mass is 16.3. The molecule has 0 aromatic rings. The standard InChI is InChI=1S/C18H34O/c1-8-15-14(9-10-16(19)18(15,6)7)13(2)11-12-17(3,4)5/h15-16,19H,8-12H2,1-7H3/b14-13+/t15-,16?/m1/s1. The Bertz CT molecular complexity index is 330. The fourth-order valence-corrected chi connectivity index (χ4v) is 3.53. The van der Waals surface area contributed by atoms with E-state index in [1.54, 1.807) is 11.1 Å². The summed E-state index contributed by atoms with van der Waals surface area (Å²) in [6, 6.07) is 0. The zero-order chi connectivity index (χ0) is 14.8. The van der Waals surface area contributed by atoms with E-state index in [0.717, 1.165) is 19.3 Å². The lowest BCUT2D eigenvalue weighted by molar-refractivity contribution is -0.00840. The van der Waals surface area contributed by atoms with Crippen molar-refractivity contribution in [1.29, 1.82) is 0 Å². The third-order valence-corrected chi connectivity index (χ3v) is 5.07. The molecule has 1 unspecified atom stereocenters. The molecule has 1 aliphatic rings. The van der Waals surface area contributed by atoms with Crippen LogP contribution in [0.3, 0.4) is 0 Å². The second-order valence-electron chi connectivity index (χ2n) is 8.20. The van der Waals surface area contributed by atoms with Gasteiger partial charge in [-0.15, -0.1) is 0 Å². The molecule has 0 aromatic heterocycles. The first-order valence-corrected chi connectivity index (χ1v) is 7.96. The predicted octanol–water partition coefficient (Wildman–Crippen LogP) is 5.34. The fourth-order valence-electron chi connectivity index (χ4n) is 3.53. The maximum absolute atomic E-state index is 10.3. The monoisotopic (exact) mass is 266 g/mol. The highest BCUT2D eigenvalue weighted by Gasteiger charge is 2.41. The molecule has 1 nitrogen and oxygen atoms in total. The van der Waals surface area contributed by atoms with Gasteiger partial charge in [0.1, 0.15) is 0 Å². The second kappa shape index (κ2) is 5.99. The van der Waals surface area contributed by atoms with Crippen LogP contribution in [0.4, 0.5) is 0 Å². The van der Waals surface area contributed by atoms with Gasteiger partial charge in [-0.05, 0) is 55.8 Å². The molecule has 1 rings (SSSR count). The van der Waals surface area contributed by atoms with Gasteiger partial charge in [0.05, 0.1) is 6.10 Å². The van der Waals surface area contributed by atoms with Gasteiger partial charge < -0.3 is 5.11 Å². The van der Waals surface area contributed by atoms with Crippen LogP contribution in [0.1, 0.15) is 80.6 Å². The molecule has 1 N–H and O–H groups in total. The van der Waals surface area contributed by atoms with E-state index in [4.69, 9.17) is 0 Å². The maximum atomic E-state index is 10.3. The Morgan fingerprint density at radius 1 is 1.32 bits per heavy atom. The summed E-state index contributed by atoms with van der Waals surface area (Å²) in [6.07, 6.45) is 5.50. The summed E-state index contributed by atoms with van der Waals surface area (Å²) in [6.45, 7) is 16.0. The average Bonchev–Trinajstić information content (AvgIpc) is 2.28. The maximum Gasteiger partial charge on any atom is 0.0599 e. The number of allylic oxidation sites excluding steroid dienone is 2. The first kappa shape index (κ1) is 16.8. The Kier molecular flexibility index (Phi) is 5.28. The van der Waals surface area contributed by atoms with Crippen molar-refractivity contribution in [3.63, 3.8) is 0 Å². The Balaban J connectivity index is 2.91. The van der Waals surface area contributed by atoms with Gasteiger partial charge in [-0.3, -0.25) is 0 Å². The quantitative estimate of drug-likeness (QED) is 0.684. The van der Waals surface area contributed by atoms with Crippen molar-refractivity contribution >= 4 is 0 Å². The lowest BCUT2D eigenvalue weighted by atomic mass is 9.62. The van der Waals surface area contributed by atoms with Gasteiger partial charge in [0.25, 0.3) is 0 Å². The van der Waals surface area contributed by atoms with E-state index < -0.39 is 0 Å². The summed E-state index contributed by atoms with van der Waals surface area (Å²) in [5, 5.41) is 10.3. The smallest absolute Gasteiger partial charge is 0.0599 e. The Hall–Kier alpha value is -0.300. The Labute approximate surface area is 120 Å². The number of hydrogen-bond acceptors (Lipinski definition) is 1. The number of aliphatic hydroxyl groups is 1. The fraction of sp³-hybridized carbons (Fsp3) is 0.889. The minimum absolute atomic E-state index is 0.0331. The minimum atomic E-state index is -0.142. The van der Waals surface area contributed by atoms with Crippen molar-refractivity contribution in [2.24, 2.45) is 16.7 Å². The number of hydrogen-bond donors (Lipinski definition) is 1. The molecule has 0 aliphatic heterocycles. The number of rotatable bonds is 3. The zero-order valence-electron chi connectivity index (χ0n) is 14.1. The molecule has 1 fully saturated rings. The van der Waals surface area contributed by atoms with Crippen LogP contribution >= 0.6 is 0 Å². The van der Waals surface area contributed by atoms with Crippen molar-refractivity contribution in [2.75, 3.05) is 0 Å². The summed E-state index contributed by atoms with van der Waals surface area (Å²) in [4.78, 5) is 0. The topological polar surface area (TPSA) is 20.2 Å². The normalized spacial score (nSPS) is 30.3. The highest BCUT2D eigenvalue weighted by Crippen LogP contribution is 2.47. The molecule has 2 atom stereocenters. The molecule has 0 saturated heterocycles. The van der Waals surface area contributed by atoms with E-state index >= 15 is 0 Å². The summed E-state index contributed by atoms with van der Waals surface area (Å²) in [7, 11) is 0. The zero-order valence-corrected chi connectivity index (χ0v) is 14.1. The van der Waals surface area contributed by atoms with Gasteiger partial charge in [0.15, 0.2) is 0 Å². The first-order valence-electron chi connectivity index (χ1n) is 7.96. The molecule has 112 valence electrons. The van der Waals surface area contributed by atoms with Crippen molar-refractivity contribution in [1.82, 2.24) is 0 Å². The minimum Gasteiger partial charge on any atom is -0.393 e. The lowest BCUT2D eigenvalue weighted by Gasteiger charge is -2.45.